The highest BCUT2D eigenvalue weighted by molar-refractivity contribution is 5.15. The monoisotopic (exact) mass is 278 g/mol. The summed E-state index contributed by atoms with van der Waals surface area (Å²) in [6.45, 7) is 12.4. The molecule has 3 nitrogen and oxygen atoms in total. The lowest BCUT2D eigenvalue weighted by Crippen LogP contribution is -2.50. The number of aryl methyl sites for hydroxylation is 1. The largest absolute Gasteiger partial charge is 0.374 e. The molecule has 1 aromatic rings. The van der Waals surface area contributed by atoms with Crippen molar-refractivity contribution in [3.63, 3.8) is 0 Å². The van der Waals surface area contributed by atoms with Crippen LogP contribution in [0.4, 0.5) is 0 Å². The summed E-state index contributed by atoms with van der Waals surface area (Å²) in [6.07, 6.45) is 5.05. The summed E-state index contributed by atoms with van der Waals surface area (Å²) in [5.74, 6) is 0. The maximum absolute atomic E-state index is 5.92. The molecular weight excluding hydrogens is 248 g/mol. The molecule has 0 aliphatic carbocycles. The lowest BCUT2D eigenvalue weighted by molar-refractivity contribution is -0.0382. The van der Waals surface area contributed by atoms with Crippen LogP contribution in [0.25, 0.3) is 0 Å². The summed E-state index contributed by atoms with van der Waals surface area (Å²) in [5.41, 5.74) is 2.23. The van der Waals surface area contributed by atoms with Gasteiger partial charge in [-0.25, -0.2) is 0 Å². The molecule has 1 rings (SSSR count). The van der Waals surface area contributed by atoms with Crippen molar-refractivity contribution in [3.05, 3.63) is 29.6 Å². The van der Waals surface area contributed by atoms with Crippen molar-refractivity contribution in [1.29, 1.82) is 0 Å². The molecule has 1 heterocycles. The van der Waals surface area contributed by atoms with Crippen molar-refractivity contribution >= 4 is 0 Å². The number of hydrogen-bond donors (Lipinski definition) is 1. The molecule has 1 aromatic heterocycles. The average Bonchev–Trinajstić information content (AvgIpc) is 2.44. The normalized spacial score (nSPS) is 13.4. The van der Waals surface area contributed by atoms with Crippen LogP contribution in [-0.4, -0.2) is 29.8 Å². The zero-order chi connectivity index (χ0) is 15.0. The third-order valence-corrected chi connectivity index (χ3v) is 3.70. The molecule has 3 heteroatoms. The molecule has 0 amide bonds. The van der Waals surface area contributed by atoms with Crippen LogP contribution in [0.3, 0.4) is 0 Å². The first-order valence-electron chi connectivity index (χ1n) is 7.84. The van der Waals surface area contributed by atoms with E-state index in [-0.39, 0.29) is 11.6 Å². The minimum Gasteiger partial charge on any atom is -0.374 e. The molecule has 0 spiro atoms. The Kier molecular flexibility index (Phi) is 7.17. The lowest BCUT2D eigenvalue weighted by atomic mass is 9.93. The van der Waals surface area contributed by atoms with Gasteiger partial charge in [0.15, 0.2) is 0 Å². The fourth-order valence-corrected chi connectivity index (χ4v) is 2.35. The molecule has 1 atom stereocenters. The maximum atomic E-state index is 5.92. The predicted molar refractivity (Wildman–Crippen MR) is 85.1 cm³/mol. The summed E-state index contributed by atoms with van der Waals surface area (Å²) in [5, 5.41) is 3.61. The van der Waals surface area contributed by atoms with Crippen LogP contribution in [0, 0.1) is 0 Å². The van der Waals surface area contributed by atoms with Gasteiger partial charge in [-0.2, -0.15) is 0 Å². The Labute approximate surface area is 124 Å². The Morgan fingerprint density at radius 1 is 1.25 bits per heavy atom. The van der Waals surface area contributed by atoms with Gasteiger partial charge in [0, 0.05) is 31.0 Å². The van der Waals surface area contributed by atoms with E-state index >= 15 is 0 Å². The van der Waals surface area contributed by atoms with Crippen LogP contribution in [0.15, 0.2) is 18.3 Å². The van der Waals surface area contributed by atoms with Gasteiger partial charge in [0.05, 0.1) is 5.60 Å². The molecule has 0 bridgehead atoms. The Balaban J connectivity index is 2.76. The molecule has 0 fully saturated rings. The predicted octanol–water partition coefficient (Wildman–Crippen LogP) is 3.37. The quantitative estimate of drug-likeness (QED) is 0.752. The molecular formula is C17H30N2O. The fraction of sp³-hybridized carbons (Fsp3) is 0.706. The second-order valence-electron chi connectivity index (χ2n) is 5.76. The van der Waals surface area contributed by atoms with Gasteiger partial charge < -0.3 is 10.1 Å². The molecule has 20 heavy (non-hydrogen) atoms. The summed E-state index contributed by atoms with van der Waals surface area (Å²) in [6, 6.07) is 4.59. The van der Waals surface area contributed by atoms with Gasteiger partial charge >= 0.3 is 0 Å². The van der Waals surface area contributed by atoms with E-state index in [1.54, 1.807) is 0 Å². The van der Waals surface area contributed by atoms with E-state index in [1.807, 2.05) is 13.1 Å². The molecule has 0 radical (unpaired) electrons. The number of nitrogens with zero attached hydrogens (tertiary/aromatic N) is 1. The van der Waals surface area contributed by atoms with Crippen LogP contribution < -0.4 is 5.32 Å². The number of nitrogens with one attached hydrogen (secondary N) is 1. The Morgan fingerprint density at radius 2 is 2.00 bits per heavy atom. The van der Waals surface area contributed by atoms with Gasteiger partial charge in [-0.05, 0) is 51.8 Å². The van der Waals surface area contributed by atoms with E-state index in [0.29, 0.717) is 0 Å². The van der Waals surface area contributed by atoms with E-state index in [2.05, 4.69) is 50.1 Å². The molecule has 1 N–H and O–H groups in total. The average molecular weight is 278 g/mol. The van der Waals surface area contributed by atoms with Gasteiger partial charge in [-0.15, -0.1) is 0 Å². The van der Waals surface area contributed by atoms with Crippen LogP contribution in [-0.2, 0) is 17.6 Å². The highest BCUT2D eigenvalue weighted by Crippen LogP contribution is 2.18. The molecule has 1 unspecified atom stereocenters. The van der Waals surface area contributed by atoms with Crippen LogP contribution in [0.5, 0.6) is 0 Å². The van der Waals surface area contributed by atoms with Crippen molar-refractivity contribution in [2.24, 2.45) is 0 Å². The van der Waals surface area contributed by atoms with Crippen molar-refractivity contribution in [3.8, 4) is 0 Å². The zero-order valence-electron chi connectivity index (χ0n) is 13.7. The first kappa shape index (κ1) is 17.1. The molecule has 0 aliphatic rings. The fourth-order valence-electron chi connectivity index (χ4n) is 2.35. The molecule has 0 saturated heterocycles. The second kappa shape index (κ2) is 8.38. The minimum absolute atomic E-state index is 0.185. The van der Waals surface area contributed by atoms with E-state index < -0.39 is 0 Å². The maximum Gasteiger partial charge on any atom is 0.0782 e. The van der Waals surface area contributed by atoms with Gasteiger partial charge in [0.1, 0.15) is 0 Å². The van der Waals surface area contributed by atoms with E-state index in [9.17, 15) is 0 Å². The highest BCUT2D eigenvalue weighted by atomic mass is 16.5. The third-order valence-electron chi connectivity index (χ3n) is 3.70. The molecule has 0 aliphatic heterocycles. The Morgan fingerprint density at radius 3 is 2.50 bits per heavy atom. The number of hydrogen-bond acceptors (Lipinski definition) is 3. The standard InChI is InChI=1S/C17H30N2O/c1-6-11-18-16(17(4,5)20-8-3)12-15-10-9-14(7-2)13-19-15/h9-10,13,16,18H,6-8,11-12H2,1-5H3. The number of aromatic nitrogens is 1. The van der Waals surface area contributed by atoms with E-state index in [4.69, 9.17) is 4.74 Å². The van der Waals surface area contributed by atoms with Crippen LogP contribution >= 0.6 is 0 Å². The topological polar surface area (TPSA) is 34.2 Å². The SMILES string of the molecule is CCCNC(Cc1ccc(CC)cn1)C(C)(C)OCC. The number of ether oxygens (including phenoxy) is 1. The lowest BCUT2D eigenvalue weighted by Gasteiger charge is -2.35. The summed E-state index contributed by atoms with van der Waals surface area (Å²) in [4.78, 5) is 4.58. The van der Waals surface area contributed by atoms with Gasteiger partial charge in [-0.3, -0.25) is 4.98 Å². The first-order chi connectivity index (χ1) is 9.53. The van der Waals surface area contributed by atoms with Crippen molar-refractivity contribution in [2.45, 2.75) is 65.5 Å². The van der Waals surface area contributed by atoms with Gasteiger partial charge in [0.25, 0.3) is 0 Å². The van der Waals surface area contributed by atoms with Crippen molar-refractivity contribution < 1.29 is 4.74 Å². The molecule has 0 aromatic carbocycles. The van der Waals surface area contributed by atoms with Crippen molar-refractivity contribution in [1.82, 2.24) is 10.3 Å². The zero-order valence-corrected chi connectivity index (χ0v) is 13.7. The van der Waals surface area contributed by atoms with E-state index in [1.165, 1.54) is 5.56 Å². The third kappa shape index (κ3) is 5.22. The van der Waals surface area contributed by atoms with Crippen LogP contribution in [0.1, 0.15) is 52.3 Å². The Hall–Kier alpha value is -0.930. The first-order valence-corrected chi connectivity index (χ1v) is 7.84. The Bertz CT molecular complexity index is 373. The number of pyridine rings is 1. The second-order valence-corrected chi connectivity index (χ2v) is 5.76. The van der Waals surface area contributed by atoms with Gasteiger partial charge in [0.2, 0.25) is 0 Å². The smallest absolute Gasteiger partial charge is 0.0782 e. The number of rotatable bonds is 9. The molecule has 0 saturated carbocycles. The van der Waals surface area contributed by atoms with E-state index in [0.717, 1.165) is 38.1 Å². The van der Waals surface area contributed by atoms with Gasteiger partial charge in [-0.1, -0.05) is 19.9 Å². The van der Waals surface area contributed by atoms with Crippen molar-refractivity contribution in [2.75, 3.05) is 13.2 Å². The minimum atomic E-state index is -0.185. The summed E-state index contributed by atoms with van der Waals surface area (Å²) < 4.78 is 5.92. The highest BCUT2D eigenvalue weighted by Gasteiger charge is 2.29. The summed E-state index contributed by atoms with van der Waals surface area (Å²) >= 11 is 0. The van der Waals surface area contributed by atoms with Crippen LogP contribution in [0.2, 0.25) is 0 Å². The molecule has 114 valence electrons. The summed E-state index contributed by atoms with van der Waals surface area (Å²) in [7, 11) is 0.